The second-order valence-corrected chi connectivity index (χ2v) is 16.3. The van der Waals surface area contributed by atoms with Crippen molar-refractivity contribution in [2.24, 2.45) is 11.8 Å². The zero-order chi connectivity index (χ0) is 37.0. The molecule has 0 N–H and O–H groups in total. The van der Waals surface area contributed by atoms with Crippen LogP contribution in [0.2, 0.25) is 0 Å². The first-order chi connectivity index (χ1) is 25.3. The number of hydrogen-bond donors (Lipinski definition) is 0. The van der Waals surface area contributed by atoms with Gasteiger partial charge >= 0.3 is 23.9 Å². The summed E-state index contributed by atoms with van der Waals surface area (Å²) in [7, 11) is 2.06. The number of ether oxygens (including phenoxy) is 4. The third kappa shape index (κ3) is 8.48. The largest absolute Gasteiger partial charge is 0.468 e. The van der Waals surface area contributed by atoms with Crippen molar-refractivity contribution in [3.63, 3.8) is 0 Å². The SMILES string of the molecule is COC(=O)C(C(=O)OC)[C@H](c1cccc([C@@H](C(C(=O)OC)C(=O)OC)P(c2ccccc2)c2ccccc2)c1)P(c1ccccc1)c1ccccc1. The lowest BCUT2D eigenvalue weighted by Gasteiger charge is -2.35. The maximum absolute atomic E-state index is 13.7. The fourth-order valence-corrected chi connectivity index (χ4v) is 12.3. The Morgan fingerprint density at radius 3 is 0.865 bits per heavy atom. The van der Waals surface area contributed by atoms with E-state index in [1.807, 2.05) is 146 Å². The fraction of sp³-hybridized carbons (Fsp3) is 0.190. The van der Waals surface area contributed by atoms with Crippen LogP contribution in [0, 0.1) is 11.8 Å². The number of benzene rings is 5. The molecule has 0 saturated heterocycles. The smallest absolute Gasteiger partial charge is 0.321 e. The van der Waals surface area contributed by atoms with Crippen molar-refractivity contribution >= 4 is 60.9 Å². The molecular weight excluding hydrogens is 694 g/mol. The number of methoxy groups -OCH3 is 4. The van der Waals surface area contributed by atoms with Gasteiger partial charge in [0.1, 0.15) is 0 Å². The van der Waals surface area contributed by atoms with Gasteiger partial charge in [0.15, 0.2) is 11.8 Å². The Hall–Kier alpha value is -5.16. The molecule has 5 aromatic carbocycles. The van der Waals surface area contributed by atoms with Crippen LogP contribution in [0.4, 0.5) is 0 Å². The van der Waals surface area contributed by atoms with Crippen molar-refractivity contribution in [3.8, 4) is 0 Å². The van der Waals surface area contributed by atoms with E-state index in [-0.39, 0.29) is 0 Å². The second kappa shape index (κ2) is 18.4. The van der Waals surface area contributed by atoms with Gasteiger partial charge < -0.3 is 18.9 Å². The van der Waals surface area contributed by atoms with Gasteiger partial charge in [-0.15, -0.1) is 0 Å². The Balaban J connectivity index is 1.84. The predicted octanol–water partition coefficient (Wildman–Crippen LogP) is 5.96. The highest BCUT2D eigenvalue weighted by molar-refractivity contribution is 7.73. The summed E-state index contributed by atoms with van der Waals surface area (Å²) in [6.07, 6.45) is 0. The third-order valence-electron chi connectivity index (χ3n) is 8.74. The number of esters is 4. The van der Waals surface area contributed by atoms with Crippen LogP contribution in [-0.4, -0.2) is 52.3 Å². The maximum Gasteiger partial charge on any atom is 0.321 e. The molecule has 0 saturated carbocycles. The standard InChI is InChI=1S/C42H40O8P2/c1-47-39(43)35(40(44)48-2)37(51(31-20-9-5-10-21-31)32-22-11-6-12-23-32)29-18-17-19-30(28-29)38(36(41(45)49-3)42(46)50-4)52(33-24-13-7-14-25-33)34-26-15-8-16-27-34/h5-28,35-38H,1-4H3/t37-,38-/m0/s1. The lowest BCUT2D eigenvalue weighted by atomic mass is 9.93. The van der Waals surface area contributed by atoms with Gasteiger partial charge in [0.2, 0.25) is 0 Å². The average molecular weight is 735 g/mol. The molecule has 0 radical (unpaired) electrons. The highest BCUT2D eigenvalue weighted by Crippen LogP contribution is 2.57. The average Bonchev–Trinajstić information content (AvgIpc) is 3.21. The zero-order valence-electron chi connectivity index (χ0n) is 29.3. The minimum atomic E-state index is -1.47. The highest BCUT2D eigenvalue weighted by Gasteiger charge is 2.46. The van der Waals surface area contributed by atoms with Crippen LogP contribution in [0.25, 0.3) is 0 Å². The molecule has 0 aromatic heterocycles. The molecule has 52 heavy (non-hydrogen) atoms. The van der Waals surface area contributed by atoms with Crippen LogP contribution in [0.5, 0.6) is 0 Å². The van der Waals surface area contributed by atoms with E-state index < -0.39 is 62.9 Å². The molecule has 0 unspecified atom stereocenters. The van der Waals surface area contributed by atoms with Gasteiger partial charge in [-0.05, 0) is 48.2 Å². The van der Waals surface area contributed by atoms with E-state index in [0.29, 0.717) is 11.1 Å². The van der Waals surface area contributed by atoms with Crippen molar-refractivity contribution in [3.05, 3.63) is 157 Å². The molecule has 5 rings (SSSR count). The molecule has 0 bridgehead atoms. The minimum Gasteiger partial charge on any atom is -0.468 e. The van der Waals surface area contributed by atoms with E-state index in [2.05, 4.69) is 0 Å². The van der Waals surface area contributed by atoms with E-state index >= 15 is 0 Å². The molecule has 0 fully saturated rings. The van der Waals surface area contributed by atoms with Gasteiger partial charge in [-0.3, -0.25) is 19.2 Å². The Morgan fingerprint density at radius 2 is 0.635 bits per heavy atom. The number of rotatable bonds is 14. The van der Waals surface area contributed by atoms with E-state index in [0.717, 1.165) is 21.2 Å². The molecule has 0 aliphatic heterocycles. The molecule has 266 valence electrons. The molecule has 5 aromatic rings. The van der Waals surface area contributed by atoms with Gasteiger partial charge in [0.05, 0.1) is 28.4 Å². The zero-order valence-corrected chi connectivity index (χ0v) is 31.1. The van der Waals surface area contributed by atoms with Crippen LogP contribution in [0.15, 0.2) is 146 Å². The molecule has 8 nitrogen and oxygen atoms in total. The normalized spacial score (nSPS) is 12.3. The summed E-state index contributed by atoms with van der Waals surface area (Å²) in [5.74, 6) is -5.66. The van der Waals surface area contributed by atoms with Crippen LogP contribution in [0.1, 0.15) is 22.4 Å². The summed E-state index contributed by atoms with van der Waals surface area (Å²) in [4.78, 5) is 54.9. The summed E-state index contributed by atoms with van der Waals surface area (Å²) in [6.45, 7) is 0. The molecule has 0 aliphatic rings. The van der Waals surface area contributed by atoms with Gasteiger partial charge in [-0.25, -0.2) is 0 Å². The summed E-state index contributed by atoms with van der Waals surface area (Å²) >= 11 is 0. The molecule has 0 aliphatic carbocycles. The topological polar surface area (TPSA) is 105 Å². The van der Waals surface area contributed by atoms with Gasteiger partial charge in [0, 0.05) is 11.3 Å². The van der Waals surface area contributed by atoms with E-state index in [9.17, 15) is 19.2 Å². The molecule has 0 heterocycles. The van der Waals surface area contributed by atoms with Crippen LogP contribution in [0.3, 0.4) is 0 Å². The Bertz CT molecular complexity index is 1690. The third-order valence-corrected chi connectivity index (χ3v) is 14.5. The van der Waals surface area contributed by atoms with Crippen molar-refractivity contribution in [2.45, 2.75) is 11.3 Å². The molecular formula is C42H40O8P2. The Kier molecular flexibility index (Phi) is 13.4. The summed E-state index contributed by atoms with van der Waals surface area (Å²) in [6, 6.07) is 46.4. The van der Waals surface area contributed by atoms with Crippen LogP contribution >= 0.6 is 15.8 Å². The van der Waals surface area contributed by atoms with Crippen molar-refractivity contribution in [1.29, 1.82) is 0 Å². The highest BCUT2D eigenvalue weighted by atomic mass is 31.1. The van der Waals surface area contributed by atoms with E-state index in [4.69, 9.17) is 18.9 Å². The number of carbonyl (C=O) groups is 4. The molecule has 2 atom stereocenters. The van der Waals surface area contributed by atoms with Crippen molar-refractivity contribution in [2.75, 3.05) is 28.4 Å². The second-order valence-electron chi connectivity index (χ2n) is 11.7. The first-order valence-electron chi connectivity index (χ1n) is 16.5. The van der Waals surface area contributed by atoms with E-state index in [1.165, 1.54) is 28.4 Å². The lowest BCUT2D eigenvalue weighted by molar-refractivity contribution is -0.160. The van der Waals surface area contributed by atoms with Crippen molar-refractivity contribution in [1.82, 2.24) is 0 Å². The number of carbonyl (C=O) groups excluding carboxylic acids is 4. The molecule has 0 spiro atoms. The first kappa shape index (κ1) is 38.1. The summed E-state index contributed by atoms with van der Waals surface area (Å²) in [5, 5.41) is 3.69. The predicted molar refractivity (Wildman–Crippen MR) is 205 cm³/mol. The Morgan fingerprint density at radius 1 is 0.385 bits per heavy atom. The molecule has 0 amide bonds. The van der Waals surface area contributed by atoms with Gasteiger partial charge in [-0.2, -0.15) is 0 Å². The number of hydrogen-bond acceptors (Lipinski definition) is 8. The first-order valence-corrected chi connectivity index (χ1v) is 19.4. The lowest BCUT2D eigenvalue weighted by Crippen LogP contribution is -2.36. The van der Waals surface area contributed by atoms with Crippen molar-refractivity contribution < 1.29 is 38.1 Å². The van der Waals surface area contributed by atoms with Gasteiger partial charge in [0.25, 0.3) is 0 Å². The Labute approximate surface area is 306 Å². The van der Waals surface area contributed by atoms with Gasteiger partial charge in [-0.1, -0.05) is 146 Å². The van der Waals surface area contributed by atoms with Crippen LogP contribution < -0.4 is 21.2 Å². The summed E-state index contributed by atoms with van der Waals surface area (Å²) in [5.41, 5.74) is -0.303. The van der Waals surface area contributed by atoms with Crippen LogP contribution in [-0.2, 0) is 38.1 Å². The molecule has 10 heteroatoms. The maximum atomic E-state index is 13.7. The monoisotopic (exact) mass is 734 g/mol. The van der Waals surface area contributed by atoms with E-state index in [1.54, 1.807) is 0 Å². The summed E-state index contributed by atoms with van der Waals surface area (Å²) < 4.78 is 21.1. The fourth-order valence-electron chi connectivity index (χ4n) is 6.42. The minimum absolute atomic E-state index is 0.631. The quantitative estimate of drug-likeness (QED) is 0.0596.